The van der Waals surface area contributed by atoms with Gasteiger partial charge in [-0.15, -0.1) is 0 Å². The van der Waals surface area contributed by atoms with Gasteiger partial charge in [-0.3, -0.25) is 10.4 Å². The molecule has 0 unspecified atom stereocenters. The average molecular weight is 182 g/mol. The fourth-order valence-corrected chi connectivity index (χ4v) is 1.29. The smallest absolute Gasteiger partial charge is 0.0685 e. The molecule has 2 nitrogen and oxygen atoms in total. The van der Waals surface area contributed by atoms with E-state index in [1.165, 1.54) is 0 Å². The van der Waals surface area contributed by atoms with E-state index in [0.29, 0.717) is 5.71 Å². The molecule has 1 heterocycles. The molecule has 0 aliphatic carbocycles. The van der Waals surface area contributed by atoms with Gasteiger partial charge in [0.15, 0.2) is 0 Å². The molecule has 0 saturated carbocycles. The van der Waals surface area contributed by atoms with Crippen molar-refractivity contribution in [2.24, 2.45) is 0 Å². The van der Waals surface area contributed by atoms with E-state index in [2.05, 4.69) is 4.98 Å². The van der Waals surface area contributed by atoms with E-state index in [0.717, 1.165) is 11.1 Å². The molecule has 1 aromatic heterocycles. The summed E-state index contributed by atoms with van der Waals surface area (Å²) >= 11 is 0. The zero-order valence-corrected chi connectivity index (χ0v) is 7.64. The average Bonchev–Trinajstić information content (AvgIpc) is 2.30. The monoisotopic (exact) mass is 182 g/mol. The van der Waals surface area contributed by atoms with Crippen LogP contribution < -0.4 is 0 Å². The molecule has 0 amide bonds. The van der Waals surface area contributed by atoms with Crippen molar-refractivity contribution >= 4 is 5.71 Å². The predicted molar refractivity (Wildman–Crippen MR) is 56.6 cm³/mol. The maximum absolute atomic E-state index is 7.94. The lowest BCUT2D eigenvalue weighted by atomic mass is 10.0. The van der Waals surface area contributed by atoms with E-state index in [4.69, 9.17) is 5.41 Å². The number of pyridine rings is 1. The highest BCUT2D eigenvalue weighted by molar-refractivity contribution is 6.10. The van der Waals surface area contributed by atoms with Gasteiger partial charge in [0.05, 0.1) is 5.71 Å². The molecule has 0 fully saturated rings. The summed E-state index contributed by atoms with van der Waals surface area (Å²) in [6.45, 7) is 0. The normalized spacial score (nSPS) is 9.71. The predicted octanol–water partition coefficient (Wildman–Crippen LogP) is 2.50. The summed E-state index contributed by atoms with van der Waals surface area (Å²) in [5, 5.41) is 7.94. The lowest BCUT2D eigenvalue weighted by Crippen LogP contribution is -2.00. The summed E-state index contributed by atoms with van der Waals surface area (Å²) in [6, 6.07) is 13.4. The van der Waals surface area contributed by atoms with Crippen molar-refractivity contribution in [1.82, 2.24) is 4.98 Å². The second-order valence-corrected chi connectivity index (χ2v) is 2.98. The molecule has 0 aliphatic heterocycles. The van der Waals surface area contributed by atoms with Gasteiger partial charge in [0, 0.05) is 18.0 Å². The third-order valence-corrected chi connectivity index (χ3v) is 2.03. The van der Waals surface area contributed by atoms with Crippen LogP contribution in [-0.4, -0.2) is 10.7 Å². The first-order chi connectivity index (χ1) is 6.88. The Morgan fingerprint density at radius 3 is 2.07 bits per heavy atom. The van der Waals surface area contributed by atoms with Gasteiger partial charge in [-0.25, -0.2) is 0 Å². The first kappa shape index (κ1) is 8.63. The zero-order chi connectivity index (χ0) is 9.80. The molecule has 0 bridgehead atoms. The highest BCUT2D eigenvalue weighted by atomic mass is 14.6. The third kappa shape index (κ3) is 1.69. The molecular weight excluding hydrogens is 172 g/mol. The summed E-state index contributed by atoms with van der Waals surface area (Å²) < 4.78 is 0. The minimum Gasteiger partial charge on any atom is -0.300 e. The van der Waals surface area contributed by atoms with Crippen LogP contribution in [0.15, 0.2) is 54.9 Å². The van der Waals surface area contributed by atoms with Crippen molar-refractivity contribution in [3.63, 3.8) is 0 Å². The molecule has 1 aromatic carbocycles. The Morgan fingerprint density at radius 1 is 0.857 bits per heavy atom. The SMILES string of the molecule is N=C(c1ccccc1)c1ccncc1. The molecule has 14 heavy (non-hydrogen) atoms. The van der Waals surface area contributed by atoms with Gasteiger partial charge in [0.25, 0.3) is 0 Å². The molecule has 0 aliphatic rings. The van der Waals surface area contributed by atoms with E-state index < -0.39 is 0 Å². The quantitative estimate of drug-likeness (QED) is 0.712. The molecule has 1 N–H and O–H groups in total. The van der Waals surface area contributed by atoms with Crippen LogP contribution in [0, 0.1) is 5.41 Å². The van der Waals surface area contributed by atoms with Crippen molar-refractivity contribution in [1.29, 1.82) is 5.41 Å². The summed E-state index contributed by atoms with van der Waals surface area (Å²) in [6.07, 6.45) is 3.40. The Morgan fingerprint density at radius 2 is 1.43 bits per heavy atom. The van der Waals surface area contributed by atoms with Gasteiger partial charge in [-0.2, -0.15) is 0 Å². The van der Waals surface area contributed by atoms with Crippen LogP contribution in [0.3, 0.4) is 0 Å². The molecular formula is C12H10N2. The maximum atomic E-state index is 7.94. The van der Waals surface area contributed by atoms with Crippen LogP contribution >= 0.6 is 0 Å². The van der Waals surface area contributed by atoms with Crippen LogP contribution in [0.2, 0.25) is 0 Å². The van der Waals surface area contributed by atoms with Crippen LogP contribution in [0.25, 0.3) is 0 Å². The van der Waals surface area contributed by atoms with Crippen LogP contribution in [-0.2, 0) is 0 Å². The minimum atomic E-state index is 0.535. The Labute approximate surface area is 82.8 Å². The summed E-state index contributed by atoms with van der Waals surface area (Å²) in [7, 11) is 0. The fourth-order valence-electron chi connectivity index (χ4n) is 1.29. The van der Waals surface area contributed by atoms with Gasteiger partial charge in [0.1, 0.15) is 0 Å². The Balaban J connectivity index is 2.35. The van der Waals surface area contributed by atoms with Gasteiger partial charge in [0.2, 0.25) is 0 Å². The van der Waals surface area contributed by atoms with Gasteiger partial charge in [-0.05, 0) is 17.7 Å². The van der Waals surface area contributed by atoms with Gasteiger partial charge in [-0.1, -0.05) is 30.3 Å². The largest absolute Gasteiger partial charge is 0.300 e. The summed E-state index contributed by atoms with van der Waals surface area (Å²) in [5.41, 5.74) is 2.36. The summed E-state index contributed by atoms with van der Waals surface area (Å²) in [4.78, 5) is 3.92. The number of rotatable bonds is 2. The van der Waals surface area contributed by atoms with E-state index >= 15 is 0 Å². The number of nitrogens with zero attached hydrogens (tertiary/aromatic N) is 1. The highest BCUT2D eigenvalue weighted by Crippen LogP contribution is 2.07. The lowest BCUT2D eigenvalue weighted by Gasteiger charge is -2.02. The molecule has 0 saturated heterocycles. The van der Waals surface area contributed by atoms with Crippen molar-refractivity contribution in [3.05, 3.63) is 66.0 Å². The fraction of sp³-hybridized carbons (Fsp3) is 0. The lowest BCUT2D eigenvalue weighted by molar-refractivity contribution is 1.31. The topological polar surface area (TPSA) is 36.7 Å². The van der Waals surface area contributed by atoms with E-state index in [1.54, 1.807) is 12.4 Å². The molecule has 2 heteroatoms. The van der Waals surface area contributed by atoms with Crippen LogP contribution in [0.1, 0.15) is 11.1 Å². The van der Waals surface area contributed by atoms with E-state index in [1.807, 2.05) is 42.5 Å². The van der Waals surface area contributed by atoms with Gasteiger partial charge >= 0.3 is 0 Å². The van der Waals surface area contributed by atoms with E-state index in [9.17, 15) is 0 Å². The highest BCUT2D eigenvalue weighted by Gasteiger charge is 2.01. The Kier molecular flexibility index (Phi) is 2.36. The van der Waals surface area contributed by atoms with Crippen LogP contribution in [0.5, 0.6) is 0 Å². The molecule has 68 valence electrons. The molecule has 2 rings (SSSR count). The van der Waals surface area contributed by atoms with Gasteiger partial charge < -0.3 is 0 Å². The standard InChI is InChI=1S/C12H10N2/c13-12(10-4-2-1-3-5-10)11-6-8-14-9-7-11/h1-9,13H. The Bertz CT molecular complexity index is 379. The number of aromatic nitrogens is 1. The summed E-state index contributed by atoms with van der Waals surface area (Å²) in [5.74, 6) is 0. The number of hydrogen-bond donors (Lipinski definition) is 1. The molecule has 0 atom stereocenters. The minimum absolute atomic E-state index is 0.535. The molecule has 2 aromatic rings. The second-order valence-electron chi connectivity index (χ2n) is 2.98. The van der Waals surface area contributed by atoms with Crippen LogP contribution in [0.4, 0.5) is 0 Å². The number of hydrogen-bond acceptors (Lipinski definition) is 2. The van der Waals surface area contributed by atoms with Crippen molar-refractivity contribution < 1.29 is 0 Å². The van der Waals surface area contributed by atoms with E-state index in [-0.39, 0.29) is 0 Å². The molecule has 0 radical (unpaired) electrons. The molecule has 0 spiro atoms. The number of nitrogens with one attached hydrogen (secondary N) is 1. The maximum Gasteiger partial charge on any atom is 0.0685 e. The second kappa shape index (κ2) is 3.83. The Hall–Kier alpha value is -1.96. The number of benzene rings is 1. The third-order valence-electron chi connectivity index (χ3n) is 2.03. The van der Waals surface area contributed by atoms with Crippen molar-refractivity contribution in [2.75, 3.05) is 0 Å². The first-order valence-corrected chi connectivity index (χ1v) is 4.42. The van der Waals surface area contributed by atoms with Crippen molar-refractivity contribution in [2.45, 2.75) is 0 Å². The first-order valence-electron chi connectivity index (χ1n) is 4.42. The zero-order valence-electron chi connectivity index (χ0n) is 7.64. The van der Waals surface area contributed by atoms with Crippen molar-refractivity contribution in [3.8, 4) is 0 Å².